The van der Waals surface area contributed by atoms with E-state index in [1.165, 1.54) is 0 Å². The third-order valence-electron chi connectivity index (χ3n) is 8.94. The molecule has 2 aliphatic heterocycles. The summed E-state index contributed by atoms with van der Waals surface area (Å²) in [6.45, 7) is 15.8. The first-order valence-electron chi connectivity index (χ1n) is 13.5. The SMILES string of the molecule is COC1[C@@H](/C(C)=C/c2csc(C)n2)NC(=O)C[C@H](O)C(C)(C)C(=O)[C@H](C)[C@@H](C)[C@@H](C)CCC[C@@]2(C)O[C@@H]12. The van der Waals surface area contributed by atoms with Gasteiger partial charge in [0.25, 0.3) is 0 Å². The number of aryl methyl sites for hydroxylation is 1. The fourth-order valence-corrected chi connectivity index (χ4v) is 6.28. The number of hydrogen-bond donors (Lipinski definition) is 2. The van der Waals surface area contributed by atoms with Crippen LogP contribution in [0.4, 0.5) is 0 Å². The average molecular weight is 535 g/mol. The molecule has 1 unspecified atom stereocenters. The van der Waals surface area contributed by atoms with E-state index in [0.29, 0.717) is 5.92 Å². The van der Waals surface area contributed by atoms with Crippen LogP contribution in [0.15, 0.2) is 11.0 Å². The number of nitrogens with one attached hydrogen (secondary N) is 1. The number of carbonyl (C=O) groups is 2. The number of ether oxygens (including phenoxy) is 2. The van der Waals surface area contributed by atoms with Crippen LogP contribution < -0.4 is 5.32 Å². The predicted molar refractivity (Wildman–Crippen MR) is 147 cm³/mol. The molecule has 208 valence electrons. The average Bonchev–Trinajstić information content (AvgIpc) is 3.31. The van der Waals surface area contributed by atoms with Gasteiger partial charge in [0.1, 0.15) is 18.0 Å². The van der Waals surface area contributed by atoms with Crippen LogP contribution >= 0.6 is 11.3 Å². The maximum Gasteiger partial charge on any atom is 0.223 e. The van der Waals surface area contributed by atoms with Crippen molar-refractivity contribution in [3.63, 3.8) is 0 Å². The van der Waals surface area contributed by atoms with E-state index >= 15 is 0 Å². The summed E-state index contributed by atoms with van der Waals surface area (Å²) in [5.74, 6) is -0.0259. The van der Waals surface area contributed by atoms with Gasteiger partial charge in [0.05, 0.1) is 40.3 Å². The molecule has 1 aromatic rings. The highest BCUT2D eigenvalue weighted by atomic mass is 32.1. The number of fused-ring (bicyclic) bond motifs is 1. The molecule has 0 aliphatic carbocycles. The summed E-state index contributed by atoms with van der Waals surface area (Å²) in [6.07, 6.45) is 2.98. The summed E-state index contributed by atoms with van der Waals surface area (Å²) in [5.41, 5.74) is 0.355. The van der Waals surface area contributed by atoms with Crippen LogP contribution in [0.2, 0.25) is 0 Å². The van der Waals surface area contributed by atoms with Crippen molar-refractivity contribution in [3.8, 4) is 0 Å². The highest BCUT2D eigenvalue weighted by Crippen LogP contribution is 2.46. The van der Waals surface area contributed by atoms with Crippen LogP contribution in [-0.2, 0) is 19.1 Å². The zero-order valence-electron chi connectivity index (χ0n) is 24.0. The molecule has 1 aromatic heterocycles. The van der Waals surface area contributed by atoms with Crippen LogP contribution in [-0.4, -0.2) is 58.8 Å². The van der Waals surface area contributed by atoms with Crippen LogP contribution in [0.25, 0.3) is 6.08 Å². The normalized spacial score (nSPS) is 38.1. The molecule has 0 spiro atoms. The van der Waals surface area contributed by atoms with E-state index < -0.39 is 23.7 Å². The highest BCUT2D eigenvalue weighted by molar-refractivity contribution is 7.09. The van der Waals surface area contributed by atoms with Crippen LogP contribution in [0.3, 0.4) is 0 Å². The predicted octanol–water partition coefficient (Wildman–Crippen LogP) is 4.95. The number of epoxide rings is 1. The van der Waals surface area contributed by atoms with Gasteiger partial charge in [-0.3, -0.25) is 9.59 Å². The second kappa shape index (κ2) is 11.6. The Morgan fingerprint density at radius 3 is 2.54 bits per heavy atom. The first kappa shape index (κ1) is 29.9. The summed E-state index contributed by atoms with van der Waals surface area (Å²) in [4.78, 5) is 31.3. The molecule has 8 heteroatoms. The molecular formula is C29H46N2O5S. The topological polar surface area (TPSA) is 101 Å². The van der Waals surface area contributed by atoms with Crippen molar-refractivity contribution in [1.82, 2.24) is 10.3 Å². The summed E-state index contributed by atoms with van der Waals surface area (Å²) in [5, 5.41) is 17.1. The molecule has 1 amide bonds. The number of aliphatic hydroxyl groups excluding tert-OH is 1. The molecule has 3 rings (SSSR count). The Kier molecular flexibility index (Phi) is 9.42. The van der Waals surface area contributed by atoms with Gasteiger partial charge >= 0.3 is 0 Å². The number of methoxy groups -OCH3 is 1. The summed E-state index contributed by atoms with van der Waals surface area (Å²) in [6, 6.07) is -0.469. The minimum Gasteiger partial charge on any atom is -0.392 e. The van der Waals surface area contributed by atoms with Crippen molar-refractivity contribution >= 4 is 29.1 Å². The number of ketones is 1. The molecule has 8 atom stereocenters. The first-order chi connectivity index (χ1) is 17.2. The van der Waals surface area contributed by atoms with Crippen molar-refractivity contribution in [1.29, 1.82) is 0 Å². The van der Waals surface area contributed by atoms with Gasteiger partial charge in [-0.15, -0.1) is 11.3 Å². The smallest absolute Gasteiger partial charge is 0.223 e. The quantitative estimate of drug-likeness (QED) is 0.532. The van der Waals surface area contributed by atoms with E-state index in [9.17, 15) is 14.7 Å². The fraction of sp³-hybridized carbons (Fsp3) is 0.759. The van der Waals surface area contributed by atoms with Crippen molar-refractivity contribution in [2.45, 2.75) is 111 Å². The summed E-state index contributed by atoms with van der Waals surface area (Å²) >= 11 is 1.57. The van der Waals surface area contributed by atoms with Crippen LogP contribution in [0.1, 0.15) is 84.9 Å². The van der Waals surface area contributed by atoms with Gasteiger partial charge in [-0.05, 0) is 50.7 Å². The van der Waals surface area contributed by atoms with Crippen molar-refractivity contribution in [3.05, 3.63) is 21.7 Å². The van der Waals surface area contributed by atoms with Gasteiger partial charge < -0.3 is 19.9 Å². The van der Waals surface area contributed by atoms with Crippen molar-refractivity contribution in [2.24, 2.45) is 23.2 Å². The Hall–Kier alpha value is -1.61. The molecule has 2 saturated heterocycles. The second-order valence-electron chi connectivity index (χ2n) is 12.1. The number of thiazole rings is 1. The highest BCUT2D eigenvalue weighted by Gasteiger charge is 2.58. The molecule has 2 fully saturated rings. The zero-order chi connectivity index (χ0) is 27.7. The number of rotatable bonds is 3. The van der Waals surface area contributed by atoms with Crippen LogP contribution in [0, 0.1) is 30.1 Å². The van der Waals surface area contributed by atoms with E-state index in [-0.39, 0.29) is 41.7 Å². The standard InChI is InChI=1S/C29H46N2O5S/c1-16-11-10-12-29(8)27(36-29)25(35-9)24(17(2)13-21-15-37-20(5)30-21)31-23(33)14-22(32)28(6,7)26(34)19(4)18(16)3/h13,15-16,18-19,22,24-25,27,32H,10-12,14H2,1-9H3,(H,31,33)/b17-13+/t16-,18-,19+,22-,24+,25?,27-,29+/m0/s1. The monoisotopic (exact) mass is 534 g/mol. The minimum atomic E-state index is -1.10. The van der Waals surface area contributed by atoms with Gasteiger partial charge in [0, 0.05) is 18.4 Å². The second-order valence-corrected chi connectivity index (χ2v) is 13.2. The van der Waals surface area contributed by atoms with Crippen molar-refractivity contribution < 1.29 is 24.2 Å². The molecule has 0 aromatic carbocycles. The Balaban J connectivity index is 1.95. The lowest BCUT2D eigenvalue weighted by Gasteiger charge is -2.35. The molecule has 3 heterocycles. The molecule has 0 saturated carbocycles. The third-order valence-corrected chi connectivity index (χ3v) is 9.73. The van der Waals surface area contributed by atoms with E-state index in [1.54, 1.807) is 32.3 Å². The maximum absolute atomic E-state index is 13.5. The number of hydrogen-bond acceptors (Lipinski definition) is 7. The number of amides is 1. The minimum absolute atomic E-state index is 0.00177. The Labute approximate surface area is 226 Å². The largest absolute Gasteiger partial charge is 0.392 e. The Morgan fingerprint density at radius 1 is 1.27 bits per heavy atom. The van der Waals surface area contributed by atoms with Crippen molar-refractivity contribution in [2.75, 3.05) is 7.11 Å². The Bertz CT molecular complexity index is 1000. The fourth-order valence-electron chi connectivity index (χ4n) is 5.71. The molecule has 7 nitrogen and oxygen atoms in total. The lowest BCUT2D eigenvalue weighted by molar-refractivity contribution is -0.141. The number of aromatic nitrogens is 1. The lowest BCUT2D eigenvalue weighted by Crippen LogP contribution is -2.51. The summed E-state index contributed by atoms with van der Waals surface area (Å²) < 4.78 is 12.2. The molecule has 37 heavy (non-hydrogen) atoms. The molecular weight excluding hydrogens is 488 g/mol. The van der Waals surface area contributed by atoms with E-state index in [0.717, 1.165) is 35.5 Å². The molecule has 2 aliphatic rings. The molecule has 0 bridgehead atoms. The van der Waals surface area contributed by atoms with E-state index in [2.05, 4.69) is 31.1 Å². The number of nitrogens with zero attached hydrogens (tertiary/aromatic N) is 1. The Morgan fingerprint density at radius 2 is 1.95 bits per heavy atom. The number of Topliss-reactive ketones (excluding diaryl/α,β-unsaturated/α-hetero) is 1. The number of aliphatic hydroxyl groups is 1. The maximum atomic E-state index is 13.5. The van der Waals surface area contributed by atoms with Gasteiger partial charge in [-0.2, -0.15) is 0 Å². The number of carbonyl (C=O) groups excluding carboxylic acids is 2. The molecule has 0 radical (unpaired) electrons. The van der Waals surface area contributed by atoms with E-state index in [1.807, 2.05) is 32.2 Å². The van der Waals surface area contributed by atoms with Gasteiger partial charge in [0.15, 0.2) is 0 Å². The summed E-state index contributed by atoms with van der Waals surface area (Å²) in [7, 11) is 1.65. The molecule has 2 N–H and O–H groups in total. The van der Waals surface area contributed by atoms with Gasteiger partial charge in [0.2, 0.25) is 5.91 Å². The van der Waals surface area contributed by atoms with Gasteiger partial charge in [-0.1, -0.05) is 47.5 Å². The van der Waals surface area contributed by atoms with E-state index in [4.69, 9.17) is 9.47 Å². The lowest BCUT2D eigenvalue weighted by atomic mass is 9.70. The van der Waals surface area contributed by atoms with Gasteiger partial charge in [-0.25, -0.2) is 4.98 Å². The van der Waals surface area contributed by atoms with Crippen LogP contribution in [0.5, 0.6) is 0 Å². The first-order valence-corrected chi connectivity index (χ1v) is 14.4. The third kappa shape index (κ3) is 6.70. The zero-order valence-corrected chi connectivity index (χ0v) is 24.8.